The van der Waals surface area contributed by atoms with Crippen LogP contribution in [-0.2, 0) is 31.1 Å². The molecular weight excluding hydrogens is 589 g/mol. The molecule has 0 saturated carbocycles. The number of benzene rings is 2. The maximum absolute atomic E-state index is 4.62. The first kappa shape index (κ1) is 30.3. The van der Waals surface area contributed by atoms with E-state index in [4.69, 9.17) is 0 Å². The van der Waals surface area contributed by atoms with Crippen molar-refractivity contribution in [2.45, 2.75) is 70.1 Å². The van der Waals surface area contributed by atoms with Crippen molar-refractivity contribution in [2.24, 2.45) is 4.99 Å². The van der Waals surface area contributed by atoms with Gasteiger partial charge in [-0.15, -0.1) is 0 Å². The molecule has 1 unspecified atom stereocenters. The summed E-state index contributed by atoms with van der Waals surface area (Å²) in [5, 5.41) is 3.28. The Morgan fingerprint density at radius 2 is 1.59 bits per heavy atom. The SMILES string of the molecule is CC1=NC2=C3C(C)=C(C2=C1)[Si]3(C)C.CCCCCc1ccc(-c2cccc3c2C=C(C)[CH]3[Zr+2])cc1.[Cl-].[Cl-]. The summed E-state index contributed by atoms with van der Waals surface area (Å²) in [6.45, 7) is 13.7. The van der Waals surface area contributed by atoms with Gasteiger partial charge in [0.25, 0.3) is 0 Å². The normalized spacial score (nSPS) is 19.5. The van der Waals surface area contributed by atoms with Crippen molar-refractivity contribution in [1.29, 1.82) is 0 Å². The molecule has 37 heavy (non-hydrogen) atoms. The fourth-order valence-corrected chi connectivity index (χ4v) is 11.0. The number of aliphatic imine (C=N–C) groups is 1. The molecule has 0 saturated heterocycles. The van der Waals surface area contributed by atoms with Crippen LogP contribution in [0.5, 0.6) is 0 Å². The molecule has 2 aromatic rings. The van der Waals surface area contributed by atoms with Gasteiger partial charge in [-0.25, -0.2) is 0 Å². The first-order valence-electron chi connectivity index (χ1n) is 13.1. The maximum Gasteiger partial charge on any atom is -1.00 e. The van der Waals surface area contributed by atoms with Crippen molar-refractivity contribution in [2.75, 3.05) is 0 Å². The Balaban J connectivity index is 0.000000217. The van der Waals surface area contributed by atoms with E-state index in [1.54, 1.807) is 35.1 Å². The first-order chi connectivity index (χ1) is 16.7. The molecule has 0 spiro atoms. The van der Waals surface area contributed by atoms with Crippen LogP contribution in [0.25, 0.3) is 17.2 Å². The van der Waals surface area contributed by atoms with E-state index in [0.29, 0.717) is 3.63 Å². The molecule has 191 valence electrons. The number of allylic oxidation sites excluding steroid dienone is 5. The van der Waals surface area contributed by atoms with E-state index in [1.165, 1.54) is 81.6 Å². The van der Waals surface area contributed by atoms with E-state index in [1.807, 2.05) is 0 Å². The molecule has 0 aromatic heterocycles. The zero-order valence-electron chi connectivity index (χ0n) is 22.8. The number of hydrogen-bond acceptors (Lipinski definition) is 1. The Bertz CT molecular complexity index is 1360. The van der Waals surface area contributed by atoms with E-state index < -0.39 is 8.07 Å². The van der Waals surface area contributed by atoms with E-state index in [9.17, 15) is 0 Å². The Morgan fingerprint density at radius 1 is 0.892 bits per heavy atom. The van der Waals surface area contributed by atoms with Crippen molar-refractivity contribution in [1.82, 2.24) is 0 Å². The zero-order valence-corrected chi connectivity index (χ0v) is 27.8. The quantitative estimate of drug-likeness (QED) is 0.359. The number of aryl methyl sites for hydroxylation is 1. The summed E-state index contributed by atoms with van der Waals surface area (Å²) in [5.41, 5.74) is 14.2. The van der Waals surface area contributed by atoms with Crippen LogP contribution in [0.2, 0.25) is 13.1 Å². The molecule has 3 heterocycles. The topological polar surface area (TPSA) is 12.4 Å². The van der Waals surface area contributed by atoms with Gasteiger partial charge in [-0.05, 0) is 35.9 Å². The summed E-state index contributed by atoms with van der Waals surface area (Å²) in [5.74, 6) is 0. The minimum Gasteiger partial charge on any atom is -1.00 e. The third-order valence-electron chi connectivity index (χ3n) is 8.01. The number of halogens is 2. The molecule has 7 rings (SSSR count). The number of nitrogens with zero attached hydrogens (tertiary/aromatic N) is 1. The number of unbranched alkanes of at least 4 members (excludes halogenated alkanes) is 2. The number of fused-ring (bicyclic) bond motifs is 1. The van der Waals surface area contributed by atoms with Gasteiger partial charge in [-0.2, -0.15) is 0 Å². The summed E-state index contributed by atoms with van der Waals surface area (Å²) >= 11 is 1.59. The molecule has 1 atom stereocenters. The molecule has 3 aliphatic heterocycles. The molecule has 5 heteroatoms. The van der Waals surface area contributed by atoms with Crippen molar-refractivity contribution in [3.05, 3.63) is 98.0 Å². The van der Waals surface area contributed by atoms with Gasteiger partial charge in [-0.1, -0.05) is 20.0 Å². The second kappa shape index (κ2) is 11.9. The monoisotopic (exact) mass is 622 g/mol. The fourth-order valence-electron chi connectivity index (χ4n) is 6.30. The average molecular weight is 625 g/mol. The van der Waals surface area contributed by atoms with Crippen LogP contribution in [-0.4, -0.2) is 13.8 Å². The second-order valence-corrected chi connectivity index (χ2v) is 16.6. The largest absolute Gasteiger partial charge is 1.00 e. The minimum atomic E-state index is -1.15. The van der Waals surface area contributed by atoms with Crippen LogP contribution in [0.1, 0.15) is 67.3 Å². The molecule has 0 amide bonds. The van der Waals surface area contributed by atoms with Crippen molar-refractivity contribution in [3.8, 4) is 11.1 Å². The molecule has 0 N–H and O–H groups in total. The minimum absolute atomic E-state index is 0. The third kappa shape index (κ3) is 5.31. The van der Waals surface area contributed by atoms with Crippen LogP contribution in [0.15, 0.2) is 86.3 Å². The Kier molecular flexibility index (Phi) is 9.72. The summed E-state index contributed by atoms with van der Waals surface area (Å²) in [7, 11) is -1.15. The van der Waals surface area contributed by atoms with E-state index in [0.717, 1.165) is 0 Å². The van der Waals surface area contributed by atoms with Gasteiger partial charge < -0.3 is 24.8 Å². The van der Waals surface area contributed by atoms with Gasteiger partial charge >= 0.3 is 143 Å². The van der Waals surface area contributed by atoms with Gasteiger partial charge in [0.2, 0.25) is 0 Å². The smallest absolute Gasteiger partial charge is 1.00 e. The Morgan fingerprint density at radius 3 is 2.22 bits per heavy atom. The summed E-state index contributed by atoms with van der Waals surface area (Å²) in [4.78, 5) is 4.62. The van der Waals surface area contributed by atoms with Gasteiger partial charge in [0, 0.05) is 11.3 Å². The first-order valence-corrected chi connectivity index (χ1v) is 17.5. The molecule has 5 aliphatic rings. The summed E-state index contributed by atoms with van der Waals surface area (Å²) < 4.78 is 0.649. The van der Waals surface area contributed by atoms with Crippen LogP contribution in [0.4, 0.5) is 0 Å². The van der Waals surface area contributed by atoms with Crippen molar-refractivity contribution >= 4 is 19.9 Å². The molecule has 2 bridgehead atoms. The summed E-state index contributed by atoms with van der Waals surface area (Å²) in [6, 6.07) is 16.0. The number of hydrogen-bond donors (Lipinski definition) is 0. The van der Waals surface area contributed by atoms with E-state index in [2.05, 4.69) is 100 Å². The van der Waals surface area contributed by atoms with Crippen molar-refractivity contribution in [3.63, 3.8) is 0 Å². The van der Waals surface area contributed by atoms with Crippen LogP contribution >= 0.6 is 0 Å². The van der Waals surface area contributed by atoms with Crippen LogP contribution < -0.4 is 24.8 Å². The predicted octanol–water partition coefficient (Wildman–Crippen LogP) is 2.87. The molecule has 0 radical (unpaired) electrons. The van der Waals surface area contributed by atoms with Gasteiger partial charge in [0.1, 0.15) is 8.07 Å². The Hall–Kier alpha value is -1.25. The Labute approximate surface area is 252 Å². The van der Waals surface area contributed by atoms with Crippen molar-refractivity contribution < 1.29 is 49.5 Å². The molecular formula is C32H36Cl2NSiZr. The predicted molar refractivity (Wildman–Crippen MR) is 150 cm³/mol. The fraction of sp³-hybridized carbons (Fsp3) is 0.344. The standard InChI is InChI=1S/C21H23.C11H13NSi.2ClH.Zr/c1-3-4-5-7-17-10-12-18(13-11-17)20-9-6-8-19-14-16(2)15-21(19)20;1-6-5-8-9(12-6)11-7(2)10(8)13(11,3)4;;;/h6,8-15H,3-5,7H2,1-2H3;5H,1-4H3;2*1H;/q;;;;+2/p-2. The van der Waals surface area contributed by atoms with Gasteiger partial charge in [-0.3, -0.25) is 4.99 Å². The second-order valence-electron chi connectivity index (χ2n) is 10.9. The third-order valence-corrected chi connectivity index (χ3v) is 13.7. The molecule has 2 aliphatic carbocycles. The maximum atomic E-state index is 4.62. The van der Waals surface area contributed by atoms with Gasteiger partial charge in [0.15, 0.2) is 0 Å². The van der Waals surface area contributed by atoms with Gasteiger partial charge in [0.05, 0.1) is 5.70 Å². The van der Waals surface area contributed by atoms with E-state index >= 15 is 0 Å². The molecule has 1 nitrogen and oxygen atoms in total. The zero-order chi connectivity index (χ0) is 24.9. The molecule has 2 aromatic carbocycles. The summed E-state index contributed by atoms with van der Waals surface area (Å²) in [6.07, 6.45) is 9.78. The number of rotatable bonds is 5. The molecule has 0 fully saturated rings. The van der Waals surface area contributed by atoms with E-state index in [-0.39, 0.29) is 24.8 Å². The van der Waals surface area contributed by atoms with Crippen LogP contribution in [0.3, 0.4) is 0 Å². The average Bonchev–Trinajstić information content (AvgIpc) is 3.48. The van der Waals surface area contributed by atoms with Crippen LogP contribution in [0, 0.1) is 0 Å².